The average Bonchev–Trinajstić information content (AvgIpc) is 3.29. The van der Waals surface area contributed by atoms with Gasteiger partial charge in [0, 0.05) is 18.2 Å². The van der Waals surface area contributed by atoms with E-state index in [-0.39, 0.29) is 41.1 Å². The van der Waals surface area contributed by atoms with Gasteiger partial charge in [0.25, 0.3) is 15.9 Å². The lowest BCUT2D eigenvalue weighted by Gasteiger charge is -2.20. The van der Waals surface area contributed by atoms with Gasteiger partial charge in [-0.1, -0.05) is 35.9 Å². The van der Waals surface area contributed by atoms with Crippen molar-refractivity contribution in [1.82, 2.24) is 4.90 Å². The highest BCUT2D eigenvalue weighted by molar-refractivity contribution is 7.92. The molecular formula is C27H28F2N2O5S. The van der Waals surface area contributed by atoms with Crippen molar-refractivity contribution in [2.45, 2.75) is 31.3 Å². The van der Waals surface area contributed by atoms with Gasteiger partial charge in [-0.2, -0.15) is 0 Å². The number of alkyl halides is 2. The first kappa shape index (κ1) is 26.4. The lowest BCUT2D eigenvalue weighted by atomic mass is 10.0. The maximum absolute atomic E-state index is 13.9. The number of amides is 1. The molecule has 1 saturated heterocycles. The summed E-state index contributed by atoms with van der Waals surface area (Å²) in [6.07, 6.45) is -3.66. The molecule has 0 unspecified atom stereocenters. The zero-order valence-corrected chi connectivity index (χ0v) is 21.5. The third-order valence-electron chi connectivity index (χ3n) is 6.28. The summed E-state index contributed by atoms with van der Waals surface area (Å²) in [5.74, 6) is -1.13. The number of likely N-dealkylation sites (tertiary alicyclic amines) is 1. The summed E-state index contributed by atoms with van der Waals surface area (Å²) in [7, 11) is -2.61. The van der Waals surface area contributed by atoms with E-state index in [0.717, 1.165) is 11.1 Å². The van der Waals surface area contributed by atoms with E-state index in [2.05, 4.69) is 4.72 Å². The highest BCUT2D eigenvalue weighted by atomic mass is 32.2. The predicted octanol–water partition coefficient (Wildman–Crippen LogP) is 4.90. The maximum Gasteiger partial charge on any atom is 0.265 e. The number of hydrogen-bond donors (Lipinski definition) is 1. The molecule has 4 rings (SSSR count). The summed E-state index contributed by atoms with van der Waals surface area (Å²) in [6, 6.07) is 17.7. The van der Waals surface area contributed by atoms with Crippen LogP contribution in [0.2, 0.25) is 0 Å². The van der Waals surface area contributed by atoms with Crippen molar-refractivity contribution < 1.29 is 31.5 Å². The van der Waals surface area contributed by atoms with Crippen molar-refractivity contribution in [3.63, 3.8) is 0 Å². The van der Waals surface area contributed by atoms with Gasteiger partial charge in [-0.3, -0.25) is 9.52 Å². The van der Waals surface area contributed by atoms with Crippen molar-refractivity contribution in [3.05, 3.63) is 83.4 Å². The third-order valence-corrected chi connectivity index (χ3v) is 7.70. The number of halogens is 2. The number of carbonyl (C=O) groups excluding carboxylic acids is 1. The van der Waals surface area contributed by atoms with Crippen LogP contribution in [0.3, 0.4) is 0 Å². The minimum absolute atomic E-state index is 0.0155. The van der Waals surface area contributed by atoms with Crippen molar-refractivity contribution >= 4 is 21.6 Å². The number of rotatable bonds is 8. The lowest BCUT2D eigenvalue weighted by Crippen LogP contribution is -2.31. The highest BCUT2D eigenvalue weighted by Gasteiger charge is 2.42. The Morgan fingerprint density at radius 1 is 1.03 bits per heavy atom. The SMILES string of the molecule is COc1ccccc1S(=O)(=O)Nc1cccc(O[C@@H]2CN(C(=O)c3cc(C)ccc3C)C[C@H]2C(F)F)c1. The quantitative estimate of drug-likeness (QED) is 0.448. The largest absolute Gasteiger partial charge is 0.495 e. The molecule has 1 N–H and O–H groups in total. The number of sulfonamides is 1. The fraction of sp³-hybridized carbons (Fsp3) is 0.296. The molecule has 3 aromatic carbocycles. The minimum Gasteiger partial charge on any atom is -0.495 e. The van der Waals surface area contributed by atoms with Crippen LogP contribution in [0, 0.1) is 19.8 Å². The summed E-state index contributed by atoms with van der Waals surface area (Å²) in [4.78, 5) is 14.5. The Hall–Kier alpha value is -3.66. The minimum atomic E-state index is -3.99. The van der Waals surface area contributed by atoms with E-state index in [1.807, 2.05) is 19.1 Å². The van der Waals surface area contributed by atoms with E-state index in [1.54, 1.807) is 37.3 Å². The van der Waals surface area contributed by atoms with E-state index in [1.165, 1.54) is 36.3 Å². The van der Waals surface area contributed by atoms with Gasteiger partial charge >= 0.3 is 0 Å². The van der Waals surface area contributed by atoms with Crippen LogP contribution in [0.25, 0.3) is 0 Å². The topological polar surface area (TPSA) is 84.9 Å². The first-order chi connectivity index (χ1) is 17.6. The van der Waals surface area contributed by atoms with Gasteiger partial charge in [-0.15, -0.1) is 0 Å². The summed E-state index contributed by atoms with van der Waals surface area (Å²) < 4.78 is 67.1. The standard InChI is InChI=1S/C27H28F2N2O5S/c1-17-11-12-18(2)21(13-17)27(32)31-15-22(26(28)29)24(16-31)36-20-8-6-7-19(14-20)30-37(33,34)25-10-5-4-9-23(25)35-3/h4-14,22,24,26,30H,15-16H2,1-3H3/t22-,24-/m1/s1. The molecule has 37 heavy (non-hydrogen) atoms. The second kappa shape index (κ2) is 10.8. The van der Waals surface area contributed by atoms with Gasteiger partial charge in [0.05, 0.1) is 25.3 Å². The van der Waals surface area contributed by atoms with Crippen LogP contribution in [0.1, 0.15) is 21.5 Å². The molecule has 1 aliphatic heterocycles. The highest BCUT2D eigenvalue weighted by Crippen LogP contribution is 2.31. The monoisotopic (exact) mass is 530 g/mol. The summed E-state index contributed by atoms with van der Waals surface area (Å²) >= 11 is 0. The zero-order chi connectivity index (χ0) is 26.7. The molecule has 196 valence electrons. The molecule has 1 amide bonds. The van der Waals surface area contributed by atoms with Gasteiger partial charge in [0.2, 0.25) is 6.43 Å². The summed E-state index contributed by atoms with van der Waals surface area (Å²) in [5, 5.41) is 0. The number of carbonyl (C=O) groups is 1. The summed E-state index contributed by atoms with van der Waals surface area (Å²) in [5.41, 5.74) is 2.34. The summed E-state index contributed by atoms with van der Waals surface area (Å²) in [6.45, 7) is 3.51. The average molecular weight is 531 g/mol. The Morgan fingerprint density at radius 3 is 2.51 bits per heavy atom. The molecular weight excluding hydrogens is 502 g/mol. The van der Waals surface area contributed by atoms with E-state index >= 15 is 0 Å². The van der Waals surface area contributed by atoms with Crippen molar-refractivity contribution in [1.29, 1.82) is 0 Å². The van der Waals surface area contributed by atoms with E-state index in [9.17, 15) is 22.0 Å². The fourth-order valence-corrected chi connectivity index (χ4v) is 5.55. The second-order valence-electron chi connectivity index (χ2n) is 8.97. The fourth-order valence-electron chi connectivity index (χ4n) is 4.33. The number of ether oxygens (including phenoxy) is 2. The second-order valence-corrected chi connectivity index (χ2v) is 10.6. The molecule has 0 aliphatic carbocycles. The molecule has 0 radical (unpaired) electrons. The van der Waals surface area contributed by atoms with Gasteiger partial charge < -0.3 is 14.4 Å². The number of hydrogen-bond acceptors (Lipinski definition) is 5. The van der Waals surface area contributed by atoms with Crippen LogP contribution in [-0.2, 0) is 10.0 Å². The maximum atomic E-state index is 13.9. The molecule has 2 atom stereocenters. The van der Waals surface area contributed by atoms with Gasteiger partial charge in [-0.25, -0.2) is 17.2 Å². The Labute approximate surface area is 215 Å². The predicted molar refractivity (Wildman–Crippen MR) is 136 cm³/mol. The number of aryl methyl sites for hydroxylation is 2. The van der Waals surface area contributed by atoms with Gasteiger partial charge in [0.15, 0.2) is 0 Å². The zero-order valence-electron chi connectivity index (χ0n) is 20.6. The Kier molecular flexibility index (Phi) is 7.68. The molecule has 0 bridgehead atoms. The van der Waals surface area contributed by atoms with Gasteiger partial charge in [-0.05, 0) is 49.7 Å². The molecule has 10 heteroatoms. The van der Waals surface area contributed by atoms with Crippen LogP contribution in [0.4, 0.5) is 14.5 Å². The van der Waals surface area contributed by atoms with Gasteiger partial charge in [0.1, 0.15) is 22.5 Å². The number of nitrogens with one attached hydrogen (secondary N) is 1. The molecule has 3 aromatic rings. The first-order valence-corrected chi connectivity index (χ1v) is 13.1. The Balaban J connectivity index is 1.52. The lowest BCUT2D eigenvalue weighted by molar-refractivity contribution is 0.0302. The van der Waals surface area contributed by atoms with Crippen molar-refractivity contribution in [2.24, 2.45) is 5.92 Å². The van der Waals surface area contributed by atoms with E-state index in [0.29, 0.717) is 5.56 Å². The molecule has 7 nitrogen and oxygen atoms in total. The number of para-hydroxylation sites is 1. The normalized spacial score (nSPS) is 17.6. The molecule has 0 aromatic heterocycles. The van der Waals surface area contributed by atoms with Crippen LogP contribution in [0.5, 0.6) is 11.5 Å². The molecule has 1 aliphatic rings. The van der Waals surface area contributed by atoms with Crippen LogP contribution in [-0.4, -0.2) is 52.0 Å². The smallest absolute Gasteiger partial charge is 0.265 e. The molecule has 1 fully saturated rings. The van der Waals surface area contributed by atoms with Crippen molar-refractivity contribution in [3.8, 4) is 11.5 Å². The van der Waals surface area contributed by atoms with E-state index < -0.39 is 28.5 Å². The number of benzene rings is 3. The first-order valence-electron chi connectivity index (χ1n) is 11.7. The third kappa shape index (κ3) is 5.85. The van der Waals surface area contributed by atoms with Crippen LogP contribution in [0.15, 0.2) is 71.6 Å². The molecule has 0 spiro atoms. The molecule has 1 heterocycles. The number of nitrogens with zero attached hydrogens (tertiary/aromatic N) is 1. The Morgan fingerprint density at radius 2 is 1.78 bits per heavy atom. The number of methoxy groups -OCH3 is 1. The van der Waals surface area contributed by atoms with Crippen molar-refractivity contribution in [2.75, 3.05) is 24.9 Å². The Bertz CT molecular complexity index is 1400. The molecule has 0 saturated carbocycles. The number of anilines is 1. The van der Waals surface area contributed by atoms with E-state index in [4.69, 9.17) is 9.47 Å². The van der Waals surface area contributed by atoms with Crippen LogP contribution >= 0.6 is 0 Å². The van der Waals surface area contributed by atoms with Crippen LogP contribution < -0.4 is 14.2 Å².